The molecule has 0 unspecified atom stereocenters. The zero-order valence-corrected chi connectivity index (χ0v) is 16.6. The molecule has 23 heavy (non-hydrogen) atoms. The summed E-state index contributed by atoms with van der Waals surface area (Å²) in [4.78, 5) is 5.28. The third-order valence-corrected chi connectivity index (χ3v) is 5.99. The highest BCUT2D eigenvalue weighted by molar-refractivity contribution is 4.85. The number of piperidine rings is 2. The largest absolute Gasteiger partial charge is 0.314 e. The Morgan fingerprint density at radius 3 is 1.61 bits per heavy atom. The molecular weight excluding hydrogens is 282 g/mol. The smallest absolute Gasteiger partial charge is 0.0125 e. The average Bonchev–Trinajstić information content (AvgIpc) is 2.46. The van der Waals surface area contributed by atoms with Crippen molar-refractivity contribution in [2.45, 2.75) is 90.8 Å². The van der Waals surface area contributed by atoms with Gasteiger partial charge in [0.25, 0.3) is 0 Å². The molecule has 2 heterocycles. The minimum atomic E-state index is 0.339. The van der Waals surface area contributed by atoms with E-state index in [1.165, 1.54) is 64.8 Å². The van der Waals surface area contributed by atoms with Gasteiger partial charge in [-0.05, 0) is 99.2 Å². The Morgan fingerprint density at radius 1 is 0.739 bits per heavy atom. The lowest BCUT2D eigenvalue weighted by atomic mass is 9.90. The van der Waals surface area contributed by atoms with Crippen LogP contribution in [0.1, 0.15) is 73.6 Å². The Bertz CT molecular complexity index is 303. The van der Waals surface area contributed by atoms with Crippen molar-refractivity contribution in [1.29, 1.82) is 0 Å². The first-order valence-electron chi connectivity index (χ1n) is 9.90. The molecule has 0 spiro atoms. The van der Waals surface area contributed by atoms with Gasteiger partial charge in [0.1, 0.15) is 0 Å². The molecule has 0 amide bonds. The summed E-state index contributed by atoms with van der Waals surface area (Å²) in [5.41, 5.74) is 0.691. The monoisotopic (exact) mass is 323 g/mol. The first-order valence-corrected chi connectivity index (χ1v) is 9.90. The molecule has 0 aliphatic carbocycles. The number of rotatable bonds is 4. The van der Waals surface area contributed by atoms with E-state index < -0.39 is 0 Å². The Morgan fingerprint density at radius 2 is 1.17 bits per heavy atom. The molecule has 2 aliphatic heterocycles. The highest BCUT2D eigenvalue weighted by Crippen LogP contribution is 2.26. The summed E-state index contributed by atoms with van der Waals surface area (Å²) >= 11 is 0. The number of nitrogens with zero attached hydrogens (tertiary/aromatic N) is 2. The Balaban J connectivity index is 1.59. The van der Waals surface area contributed by atoms with Crippen molar-refractivity contribution in [2.75, 3.05) is 32.7 Å². The molecule has 0 saturated carbocycles. The van der Waals surface area contributed by atoms with Crippen LogP contribution in [0.5, 0.6) is 0 Å². The van der Waals surface area contributed by atoms with E-state index >= 15 is 0 Å². The standard InChI is InChI=1S/C20H41N3/c1-19(2,3)22-13-8-17(9-14-22)7-12-21-18-10-15-23(16-11-18)20(4,5)6/h17-18,21H,7-16H2,1-6H3. The van der Waals surface area contributed by atoms with Gasteiger partial charge in [0, 0.05) is 30.2 Å². The van der Waals surface area contributed by atoms with Gasteiger partial charge >= 0.3 is 0 Å². The van der Waals surface area contributed by atoms with Crippen LogP contribution in [-0.2, 0) is 0 Å². The molecule has 3 heteroatoms. The second-order valence-corrected chi connectivity index (χ2v) is 9.78. The van der Waals surface area contributed by atoms with Crippen LogP contribution in [0.3, 0.4) is 0 Å². The minimum Gasteiger partial charge on any atom is -0.314 e. The van der Waals surface area contributed by atoms with Crippen LogP contribution >= 0.6 is 0 Å². The van der Waals surface area contributed by atoms with Gasteiger partial charge in [-0.15, -0.1) is 0 Å². The van der Waals surface area contributed by atoms with E-state index in [0.717, 1.165) is 12.0 Å². The van der Waals surface area contributed by atoms with Crippen molar-refractivity contribution >= 4 is 0 Å². The van der Waals surface area contributed by atoms with Crippen molar-refractivity contribution in [3.63, 3.8) is 0 Å². The maximum absolute atomic E-state index is 3.84. The molecule has 0 aromatic heterocycles. The summed E-state index contributed by atoms with van der Waals surface area (Å²) in [6, 6.07) is 0.753. The topological polar surface area (TPSA) is 18.5 Å². The molecule has 0 aromatic carbocycles. The number of hydrogen-bond acceptors (Lipinski definition) is 3. The molecule has 2 fully saturated rings. The first-order chi connectivity index (χ1) is 10.7. The molecule has 136 valence electrons. The van der Waals surface area contributed by atoms with Crippen LogP contribution in [0.4, 0.5) is 0 Å². The van der Waals surface area contributed by atoms with E-state index in [1.54, 1.807) is 0 Å². The van der Waals surface area contributed by atoms with Crippen LogP contribution in [0.15, 0.2) is 0 Å². The molecule has 0 bridgehead atoms. The van der Waals surface area contributed by atoms with Gasteiger partial charge in [-0.25, -0.2) is 0 Å². The zero-order chi connectivity index (χ0) is 17.1. The summed E-state index contributed by atoms with van der Waals surface area (Å²) in [5.74, 6) is 0.941. The quantitative estimate of drug-likeness (QED) is 0.850. The second kappa shape index (κ2) is 7.84. The average molecular weight is 324 g/mol. The van der Waals surface area contributed by atoms with E-state index in [0.29, 0.717) is 11.1 Å². The molecular formula is C20H41N3. The van der Waals surface area contributed by atoms with Crippen LogP contribution in [0.2, 0.25) is 0 Å². The lowest BCUT2D eigenvalue weighted by Crippen LogP contribution is -2.50. The fraction of sp³-hybridized carbons (Fsp3) is 1.00. The summed E-state index contributed by atoms with van der Waals surface area (Å²) < 4.78 is 0. The normalized spacial score (nSPS) is 24.3. The summed E-state index contributed by atoms with van der Waals surface area (Å²) in [6.07, 6.45) is 6.79. The van der Waals surface area contributed by atoms with Crippen LogP contribution in [0.25, 0.3) is 0 Å². The van der Waals surface area contributed by atoms with Crippen molar-refractivity contribution in [3.8, 4) is 0 Å². The highest BCUT2D eigenvalue weighted by Gasteiger charge is 2.28. The number of hydrogen-bond donors (Lipinski definition) is 1. The Hall–Kier alpha value is -0.120. The first kappa shape index (κ1) is 19.2. The third-order valence-electron chi connectivity index (χ3n) is 5.99. The number of likely N-dealkylation sites (tertiary alicyclic amines) is 2. The van der Waals surface area contributed by atoms with Gasteiger partial charge in [-0.2, -0.15) is 0 Å². The highest BCUT2D eigenvalue weighted by atomic mass is 15.2. The maximum atomic E-state index is 3.84. The molecule has 0 atom stereocenters. The van der Waals surface area contributed by atoms with Crippen LogP contribution < -0.4 is 5.32 Å². The lowest BCUT2D eigenvalue weighted by Gasteiger charge is -2.42. The molecule has 0 aromatic rings. The lowest BCUT2D eigenvalue weighted by molar-refractivity contribution is 0.0828. The molecule has 3 nitrogen and oxygen atoms in total. The predicted molar refractivity (Wildman–Crippen MR) is 101 cm³/mol. The predicted octanol–water partition coefficient (Wildman–Crippen LogP) is 3.74. The third kappa shape index (κ3) is 6.03. The summed E-state index contributed by atoms with van der Waals surface area (Å²) in [7, 11) is 0. The van der Waals surface area contributed by atoms with Crippen molar-refractivity contribution in [3.05, 3.63) is 0 Å². The maximum Gasteiger partial charge on any atom is 0.0125 e. The van der Waals surface area contributed by atoms with Gasteiger partial charge in [0.15, 0.2) is 0 Å². The summed E-state index contributed by atoms with van der Waals surface area (Å²) in [6.45, 7) is 20.4. The Kier molecular flexibility index (Phi) is 6.55. The molecule has 1 N–H and O–H groups in total. The SMILES string of the molecule is CC(C)(C)N1CCC(CCNC2CCN(C(C)(C)C)CC2)CC1. The molecule has 2 aliphatic rings. The zero-order valence-electron chi connectivity index (χ0n) is 16.6. The molecule has 2 saturated heterocycles. The van der Waals surface area contributed by atoms with E-state index in [-0.39, 0.29) is 0 Å². The molecule has 0 radical (unpaired) electrons. The van der Waals surface area contributed by atoms with Crippen molar-refractivity contribution in [1.82, 2.24) is 15.1 Å². The van der Waals surface area contributed by atoms with Crippen molar-refractivity contribution in [2.24, 2.45) is 5.92 Å². The van der Waals surface area contributed by atoms with Gasteiger partial charge in [-0.3, -0.25) is 9.80 Å². The molecule has 2 rings (SSSR count). The van der Waals surface area contributed by atoms with Crippen molar-refractivity contribution < 1.29 is 0 Å². The summed E-state index contributed by atoms with van der Waals surface area (Å²) in [5, 5.41) is 3.84. The van der Waals surface area contributed by atoms with Gasteiger partial charge in [0.2, 0.25) is 0 Å². The van der Waals surface area contributed by atoms with E-state index in [4.69, 9.17) is 0 Å². The number of nitrogens with one attached hydrogen (secondary N) is 1. The fourth-order valence-electron chi connectivity index (χ4n) is 4.14. The van der Waals surface area contributed by atoms with Gasteiger partial charge in [0.05, 0.1) is 0 Å². The van der Waals surface area contributed by atoms with Crippen LogP contribution in [0, 0.1) is 5.92 Å². The fourth-order valence-corrected chi connectivity index (χ4v) is 4.14. The van der Waals surface area contributed by atoms with E-state index in [1.807, 2.05) is 0 Å². The van der Waals surface area contributed by atoms with Gasteiger partial charge in [-0.1, -0.05) is 0 Å². The van der Waals surface area contributed by atoms with Gasteiger partial charge < -0.3 is 5.32 Å². The minimum absolute atomic E-state index is 0.339. The second-order valence-electron chi connectivity index (χ2n) is 9.78. The van der Waals surface area contributed by atoms with E-state index in [9.17, 15) is 0 Å². The Labute approximate surface area is 145 Å². The van der Waals surface area contributed by atoms with E-state index in [2.05, 4.69) is 56.7 Å². The van der Waals surface area contributed by atoms with Crippen LogP contribution in [-0.4, -0.2) is 59.6 Å².